The average Bonchev–Trinajstić information content (AvgIpc) is 3.45. The third-order valence-electron chi connectivity index (χ3n) is 6.56. The minimum Gasteiger partial charge on any atom is -0.398 e. The first-order chi connectivity index (χ1) is 17.4. The summed E-state index contributed by atoms with van der Waals surface area (Å²) in [5.74, 6) is 1.32. The maximum atomic E-state index is 14.0. The molecule has 0 unspecified atom stereocenters. The molecule has 5 aromatic rings. The molecule has 3 N–H and O–H groups in total. The molecule has 1 fully saturated rings. The Balaban J connectivity index is 1.47. The van der Waals surface area contributed by atoms with E-state index < -0.39 is 0 Å². The van der Waals surface area contributed by atoms with Gasteiger partial charge in [0.05, 0.1) is 17.6 Å². The summed E-state index contributed by atoms with van der Waals surface area (Å²) in [5.41, 5.74) is 9.99. The van der Waals surface area contributed by atoms with Gasteiger partial charge in [0.1, 0.15) is 11.4 Å². The van der Waals surface area contributed by atoms with Gasteiger partial charge < -0.3 is 20.1 Å². The van der Waals surface area contributed by atoms with Gasteiger partial charge in [-0.05, 0) is 49.8 Å². The van der Waals surface area contributed by atoms with Crippen molar-refractivity contribution in [2.24, 2.45) is 7.05 Å². The summed E-state index contributed by atoms with van der Waals surface area (Å²) < 4.78 is 9.06. The van der Waals surface area contributed by atoms with Crippen molar-refractivity contribution in [2.75, 3.05) is 11.1 Å². The Morgan fingerprint density at radius 2 is 2.08 bits per heavy atom. The Kier molecular flexibility index (Phi) is 5.10. The third-order valence-corrected chi connectivity index (χ3v) is 6.56. The lowest BCUT2D eigenvalue weighted by atomic mass is 10.00. The molecular formula is C26H26N8O2. The molecule has 0 spiro atoms. The number of nitrogens with one attached hydrogen (secondary N) is 1. The van der Waals surface area contributed by atoms with Gasteiger partial charge in [0.25, 0.3) is 11.4 Å². The van der Waals surface area contributed by atoms with Gasteiger partial charge in [-0.25, -0.2) is 4.98 Å². The number of rotatable bonds is 6. The van der Waals surface area contributed by atoms with Crippen LogP contribution in [0.25, 0.3) is 33.4 Å². The van der Waals surface area contributed by atoms with E-state index in [9.17, 15) is 4.79 Å². The Labute approximate surface area is 206 Å². The standard InChI is InChI=1S/C26H26N8O2/c1-14(30-24-23(20(27)9-10-28-24)25-31-15(2)32-36-25)21-11-16-5-4-6-19(17-12-29-33(3)13-17)22(16)26(35)34(21)18-7-8-18/h4-6,9-14,18H,7-8H2,1-3H3,(H3,27,28,30)/t14-/m0/s1. The van der Waals surface area contributed by atoms with E-state index in [4.69, 9.17) is 10.3 Å². The number of nitrogen functional groups attached to an aromatic ring is 1. The van der Waals surface area contributed by atoms with Crippen molar-refractivity contribution < 1.29 is 4.52 Å². The summed E-state index contributed by atoms with van der Waals surface area (Å²) in [5, 5.41) is 13.2. The first-order valence-electron chi connectivity index (χ1n) is 11.9. The van der Waals surface area contributed by atoms with E-state index in [1.54, 1.807) is 30.1 Å². The van der Waals surface area contributed by atoms with E-state index in [1.165, 1.54) is 0 Å². The first kappa shape index (κ1) is 22.0. The summed E-state index contributed by atoms with van der Waals surface area (Å²) in [6.45, 7) is 3.76. The number of fused-ring (bicyclic) bond motifs is 1. The zero-order chi connectivity index (χ0) is 25.0. The molecule has 6 rings (SSSR count). The SMILES string of the molecule is Cc1noc(-c2c(N)ccnc2N[C@@H](C)c2cc3cccc(-c4cnn(C)c4)c3c(=O)n2C2CC2)n1. The molecule has 1 saturated carbocycles. The Morgan fingerprint density at radius 1 is 1.25 bits per heavy atom. The lowest BCUT2D eigenvalue weighted by Crippen LogP contribution is -2.26. The highest BCUT2D eigenvalue weighted by molar-refractivity contribution is 5.96. The van der Waals surface area contributed by atoms with Crippen LogP contribution in [-0.4, -0.2) is 29.5 Å². The zero-order valence-corrected chi connectivity index (χ0v) is 20.3. The maximum absolute atomic E-state index is 14.0. The van der Waals surface area contributed by atoms with Crippen LogP contribution in [0.15, 0.2) is 58.2 Å². The Morgan fingerprint density at radius 3 is 2.78 bits per heavy atom. The second-order valence-corrected chi connectivity index (χ2v) is 9.28. The molecule has 10 nitrogen and oxygen atoms in total. The normalized spacial score (nSPS) is 14.3. The van der Waals surface area contributed by atoms with Crippen LogP contribution < -0.4 is 16.6 Å². The molecule has 0 radical (unpaired) electrons. The number of benzene rings is 1. The van der Waals surface area contributed by atoms with Gasteiger partial charge in [0.15, 0.2) is 5.82 Å². The molecule has 36 heavy (non-hydrogen) atoms. The van der Waals surface area contributed by atoms with Crippen LogP contribution in [-0.2, 0) is 7.05 Å². The fourth-order valence-electron chi connectivity index (χ4n) is 4.73. The molecular weight excluding hydrogens is 456 g/mol. The van der Waals surface area contributed by atoms with Crippen LogP contribution in [0.5, 0.6) is 0 Å². The number of nitrogens with two attached hydrogens (primary N) is 1. The Bertz CT molecular complexity index is 1660. The van der Waals surface area contributed by atoms with E-state index in [2.05, 4.69) is 31.6 Å². The smallest absolute Gasteiger partial charge is 0.263 e. The van der Waals surface area contributed by atoms with E-state index in [1.807, 2.05) is 42.9 Å². The van der Waals surface area contributed by atoms with Crippen molar-refractivity contribution in [1.29, 1.82) is 0 Å². The van der Waals surface area contributed by atoms with E-state index >= 15 is 0 Å². The van der Waals surface area contributed by atoms with Gasteiger partial charge in [0.2, 0.25) is 0 Å². The number of hydrogen-bond acceptors (Lipinski definition) is 8. The molecule has 182 valence electrons. The van der Waals surface area contributed by atoms with Crippen molar-refractivity contribution in [2.45, 2.75) is 38.8 Å². The fourth-order valence-corrected chi connectivity index (χ4v) is 4.73. The predicted octanol–water partition coefficient (Wildman–Crippen LogP) is 4.25. The van der Waals surface area contributed by atoms with E-state index in [-0.39, 0.29) is 17.6 Å². The van der Waals surface area contributed by atoms with Crippen molar-refractivity contribution >= 4 is 22.3 Å². The molecule has 1 aliphatic carbocycles. The monoisotopic (exact) mass is 482 g/mol. The molecule has 1 aliphatic rings. The molecule has 4 aromatic heterocycles. The second kappa shape index (κ2) is 8.33. The largest absolute Gasteiger partial charge is 0.398 e. The van der Waals surface area contributed by atoms with Crippen LogP contribution in [0.3, 0.4) is 0 Å². The lowest BCUT2D eigenvalue weighted by molar-refractivity contribution is 0.426. The molecule has 4 heterocycles. The summed E-state index contributed by atoms with van der Waals surface area (Å²) in [6.07, 6.45) is 7.30. The van der Waals surface area contributed by atoms with E-state index in [0.717, 1.165) is 35.0 Å². The number of hydrogen-bond donors (Lipinski definition) is 2. The molecule has 0 bridgehead atoms. The summed E-state index contributed by atoms with van der Waals surface area (Å²) in [7, 11) is 1.87. The lowest BCUT2D eigenvalue weighted by Gasteiger charge is -2.22. The highest BCUT2D eigenvalue weighted by Gasteiger charge is 2.30. The Hall–Kier alpha value is -4.47. The molecule has 0 amide bonds. The van der Waals surface area contributed by atoms with Gasteiger partial charge in [0, 0.05) is 42.4 Å². The summed E-state index contributed by atoms with van der Waals surface area (Å²) >= 11 is 0. The van der Waals surface area contributed by atoms with Crippen molar-refractivity contribution in [3.8, 4) is 22.6 Å². The zero-order valence-electron chi connectivity index (χ0n) is 20.3. The van der Waals surface area contributed by atoms with Crippen LogP contribution >= 0.6 is 0 Å². The van der Waals surface area contributed by atoms with E-state index in [0.29, 0.717) is 34.2 Å². The highest BCUT2D eigenvalue weighted by Crippen LogP contribution is 2.39. The number of pyridine rings is 2. The van der Waals surface area contributed by atoms with Gasteiger partial charge >= 0.3 is 0 Å². The first-order valence-corrected chi connectivity index (χ1v) is 11.9. The van der Waals surface area contributed by atoms with Gasteiger partial charge in [-0.15, -0.1) is 0 Å². The minimum absolute atomic E-state index is 0.00591. The van der Waals surface area contributed by atoms with Crippen LogP contribution in [0.1, 0.15) is 43.4 Å². The van der Waals surface area contributed by atoms with Crippen molar-refractivity contribution in [3.63, 3.8) is 0 Å². The minimum atomic E-state index is -0.248. The number of anilines is 2. The van der Waals surface area contributed by atoms with Crippen LogP contribution in [0, 0.1) is 6.92 Å². The number of nitrogens with zero attached hydrogens (tertiary/aromatic N) is 6. The van der Waals surface area contributed by atoms with Crippen LogP contribution in [0.4, 0.5) is 11.5 Å². The van der Waals surface area contributed by atoms with Crippen molar-refractivity contribution in [3.05, 3.63) is 70.8 Å². The predicted molar refractivity (Wildman–Crippen MR) is 137 cm³/mol. The van der Waals surface area contributed by atoms with Gasteiger partial charge in [-0.2, -0.15) is 10.1 Å². The molecule has 0 saturated heterocycles. The topological polar surface area (TPSA) is 130 Å². The van der Waals surface area contributed by atoms with Gasteiger partial charge in [-0.3, -0.25) is 9.48 Å². The number of aryl methyl sites for hydroxylation is 2. The maximum Gasteiger partial charge on any atom is 0.263 e. The molecule has 0 aliphatic heterocycles. The molecule has 1 atom stereocenters. The van der Waals surface area contributed by atoms with Gasteiger partial charge in [-0.1, -0.05) is 23.4 Å². The molecule has 10 heteroatoms. The summed E-state index contributed by atoms with van der Waals surface area (Å²) in [4.78, 5) is 22.8. The second-order valence-electron chi connectivity index (χ2n) is 9.28. The molecule has 1 aromatic carbocycles. The number of aromatic nitrogens is 6. The summed E-state index contributed by atoms with van der Waals surface area (Å²) in [6, 6.07) is 9.65. The van der Waals surface area contributed by atoms with Crippen LogP contribution in [0.2, 0.25) is 0 Å². The fraction of sp³-hybridized carbons (Fsp3) is 0.269. The van der Waals surface area contributed by atoms with Crippen molar-refractivity contribution in [1.82, 2.24) is 29.5 Å². The highest BCUT2D eigenvalue weighted by atomic mass is 16.5. The quantitative estimate of drug-likeness (QED) is 0.367. The third kappa shape index (κ3) is 3.71. The average molecular weight is 483 g/mol.